The number of hydrogen-bond donors (Lipinski definition) is 4. The van der Waals surface area contributed by atoms with E-state index in [4.69, 9.17) is 16.3 Å². The monoisotopic (exact) mass is 426 g/mol. The van der Waals surface area contributed by atoms with E-state index in [-0.39, 0.29) is 18.1 Å². The van der Waals surface area contributed by atoms with Crippen LogP contribution in [0.25, 0.3) is 0 Å². The van der Waals surface area contributed by atoms with Gasteiger partial charge in [-0.3, -0.25) is 14.4 Å². The average Bonchev–Trinajstić information content (AvgIpc) is 3.47. The molecule has 3 unspecified atom stereocenters. The molecule has 0 bridgehead atoms. The number of benzene rings is 1. The van der Waals surface area contributed by atoms with Gasteiger partial charge in [0.2, 0.25) is 5.91 Å². The topological polar surface area (TPSA) is 128 Å². The summed E-state index contributed by atoms with van der Waals surface area (Å²) in [4.78, 5) is 37.7. The lowest BCUT2D eigenvalue weighted by Gasteiger charge is -2.24. The molecule has 2 rings (SSSR count). The van der Waals surface area contributed by atoms with Crippen molar-refractivity contribution in [1.82, 2.24) is 10.6 Å². The molecule has 4 N–H and O–H groups in total. The number of aliphatic hydroxyl groups excluding tert-OH is 2. The Morgan fingerprint density at radius 3 is 2.34 bits per heavy atom. The number of amides is 2. The number of nitrogens with one attached hydrogen (secondary N) is 2. The highest BCUT2D eigenvalue weighted by Gasteiger charge is 2.54. The van der Waals surface area contributed by atoms with E-state index in [0.29, 0.717) is 11.4 Å². The fourth-order valence-electron chi connectivity index (χ4n) is 2.86. The van der Waals surface area contributed by atoms with E-state index in [1.807, 2.05) is 13.8 Å². The van der Waals surface area contributed by atoms with Crippen LogP contribution in [-0.4, -0.2) is 65.3 Å². The van der Waals surface area contributed by atoms with Crippen LogP contribution in [-0.2, 0) is 14.3 Å². The molecule has 1 saturated heterocycles. The summed E-state index contributed by atoms with van der Waals surface area (Å²) in [5, 5.41) is 24.4. The molecule has 1 aromatic rings. The number of aliphatic hydroxyl groups is 2. The molecular formula is C20H27ClN2O6. The number of carbonyl (C=O) groups excluding carboxylic acids is 3. The zero-order chi connectivity index (χ0) is 21.8. The molecule has 1 fully saturated rings. The maximum atomic E-state index is 12.7. The quantitative estimate of drug-likeness (QED) is 0.405. The van der Waals surface area contributed by atoms with Crippen molar-refractivity contribution in [3.05, 3.63) is 34.3 Å². The van der Waals surface area contributed by atoms with Gasteiger partial charge in [-0.15, -0.1) is 0 Å². The SMILES string of the molecule is Cc1ccc(C(=O)NC(CO)C(=O)NC(CC(C)C)C(=O)C2(CO)CO2)cc1Cl. The molecule has 0 radical (unpaired) electrons. The van der Waals surface area contributed by atoms with E-state index in [0.717, 1.165) is 5.56 Å². The summed E-state index contributed by atoms with van der Waals surface area (Å²) in [6.45, 7) is 4.55. The molecule has 1 heterocycles. The third-order valence-corrected chi connectivity index (χ3v) is 5.18. The molecule has 3 atom stereocenters. The van der Waals surface area contributed by atoms with Gasteiger partial charge in [0.05, 0.1) is 25.9 Å². The van der Waals surface area contributed by atoms with E-state index >= 15 is 0 Å². The second kappa shape index (κ2) is 9.67. The molecular weight excluding hydrogens is 400 g/mol. The molecule has 29 heavy (non-hydrogen) atoms. The Kier molecular flexibility index (Phi) is 7.76. The first-order chi connectivity index (χ1) is 13.6. The molecule has 8 nitrogen and oxygen atoms in total. The molecule has 1 aromatic carbocycles. The third-order valence-electron chi connectivity index (χ3n) is 4.78. The molecule has 160 valence electrons. The molecule has 1 aliphatic rings. The summed E-state index contributed by atoms with van der Waals surface area (Å²) in [6, 6.07) is 2.54. The van der Waals surface area contributed by atoms with Gasteiger partial charge in [-0.05, 0) is 37.0 Å². The smallest absolute Gasteiger partial charge is 0.252 e. The average molecular weight is 427 g/mol. The Morgan fingerprint density at radius 1 is 1.21 bits per heavy atom. The Balaban J connectivity index is 2.08. The van der Waals surface area contributed by atoms with E-state index in [9.17, 15) is 24.6 Å². The highest BCUT2D eigenvalue weighted by atomic mass is 35.5. The fraction of sp³-hybridized carbons (Fsp3) is 0.550. The Morgan fingerprint density at radius 2 is 1.86 bits per heavy atom. The minimum absolute atomic E-state index is 0.0793. The lowest BCUT2D eigenvalue weighted by molar-refractivity contribution is -0.133. The van der Waals surface area contributed by atoms with Crippen LogP contribution in [0.2, 0.25) is 5.02 Å². The standard InChI is InChI=1S/C20H27ClN2O6/c1-11(2)6-15(17(26)20(9-25)10-29-20)22-19(28)16(8-24)23-18(27)13-5-4-12(3)14(21)7-13/h4-5,7,11,15-16,24-25H,6,8-10H2,1-3H3,(H,22,28)(H,23,27). The summed E-state index contributed by atoms with van der Waals surface area (Å²) >= 11 is 6.03. The van der Waals surface area contributed by atoms with E-state index < -0.39 is 48.5 Å². The maximum Gasteiger partial charge on any atom is 0.252 e. The summed E-state index contributed by atoms with van der Waals surface area (Å²) < 4.78 is 5.10. The number of hydrogen-bond acceptors (Lipinski definition) is 6. The van der Waals surface area contributed by atoms with E-state index in [1.54, 1.807) is 19.1 Å². The minimum atomic E-state index is -1.27. The summed E-state index contributed by atoms with van der Waals surface area (Å²) in [7, 11) is 0. The fourth-order valence-corrected chi connectivity index (χ4v) is 3.04. The highest BCUT2D eigenvalue weighted by Crippen LogP contribution is 2.30. The normalized spacial score (nSPS) is 20.1. The van der Waals surface area contributed by atoms with Crippen molar-refractivity contribution >= 4 is 29.2 Å². The zero-order valence-electron chi connectivity index (χ0n) is 16.7. The van der Waals surface area contributed by atoms with Gasteiger partial charge in [0.25, 0.3) is 5.91 Å². The first-order valence-electron chi connectivity index (χ1n) is 9.41. The molecule has 0 spiro atoms. The number of halogens is 1. The molecule has 0 aromatic heterocycles. The van der Waals surface area contributed by atoms with Crippen LogP contribution in [0.15, 0.2) is 18.2 Å². The number of aryl methyl sites for hydroxylation is 1. The Labute approximate surface area is 174 Å². The zero-order valence-corrected chi connectivity index (χ0v) is 17.5. The molecule has 9 heteroatoms. The molecule has 2 amide bonds. The highest BCUT2D eigenvalue weighted by molar-refractivity contribution is 6.31. The predicted octanol–water partition coefficient (Wildman–Crippen LogP) is 0.600. The van der Waals surface area contributed by atoms with Crippen LogP contribution in [0.5, 0.6) is 0 Å². The summed E-state index contributed by atoms with van der Waals surface area (Å²) in [5.74, 6) is -1.62. The lowest BCUT2D eigenvalue weighted by atomic mass is 9.92. The van der Waals surface area contributed by atoms with Gasteiger partial charge >= 0.3 is 0 Å². The van der Waals surface area contributed by atoms with Gasteiger partial charge in [0, 0.05) is 10.6 Å². The number of epoxide rings is 1. The van der Waals surface area contributed by atoms with Crippen molar-refractivity contribution in [2.45, 2.75) is 44.9 Å². The van der Waals surface area contributed by atoms with Crippen molar-refractivity contribution in [2.24, 2.45) is 5.92 Å². The number of carbonyl (C=O) groups is 3. The first-order valence-corrected chi connectivity index (χ1v) is 9.78. The number of ketones is 1. The minimum Gasteiger partial charge on any atom is -0.394 e. The van der Waals surface area contributed by atoms with Crippen LogP contribution in [0.1, 0.15) is 36.2 Å². The first kappa shape index (κ1) is 23.3. The van der Waals surface area contributed by atoms with Crippen molar-refractivity contribution in [1.29, 1.82) is 0 Å². The lowest BCUT2D eigenvalue weighted by Crippen LogP contribution is -2.55. The van der Waals surface area contributed by atoms with Gasteiger partial charge in [0.15, 0.2) is 11.4 Å². The summed E-state index contributed by atoms with van der Waals surface area (Å²) in [5.41, 5.74) is -0.231. The largest absolute Gasteiger partial charge is 0.394 e. The molecule has 0 aliphatic carbocycles. The summed E-state index contributed by atoms with van der Waals surface area (Å²) in [6.07, 6.45) is 0.329. The van der Waals surface area contributed by atoms with Crippen LogP contribution >= 0.6 is 11.6 Å². The van der Waals surface area contributed by atoms with Crippen LogP contribution < -0.4 is 10.6 Å². The van der Waals surface area contributed by atoms with Crippen molar-refractivity contribution in [2.75, 3.05) is 19.8 Å². The van der Waals surface area contributed by atoms with Gasteiger partial charge in [-0.25, -0.2) is 0 Å². The van der Waals surface area contributed by atoms with Crippen molar-refractivity contribution in [3.63, 3.8) is 0 Å². The maximum absolute atomic E-state index is 12.7. The number of rotatable bonds is 10. The second-order valence-corrected chi connectivity index (χ2v) is 8.08. The van der Waals surface area contributed by atoms with Crippen LogP contribution in [0.3, 0.4) is 0 Å². The van der Waals surface area contributed by atoms with Crippen LogP contribution in [0, 0.1) is 12.8 Å². The van der Waals surface area contributed by atoms with E-state index in [2.05, 4.69) is 10.6 Å². The van der Waals surface area contributed by atoms with Gasteiger partial charge in [0.1, 0.15) is 6.04 Å². The number of ether oxygens (including phenoxy) is 1. The third kappa shape index (κ3) is 5.76. The van der Waals surface area contributed by atoms with Crippen molar-refractivity contribution < 1.29 is 29.3 Å². The van der Waals surface area contributed by atoms with Gasteiger partial charge < -0.3 is 25.6 Å². The van der Waals surface area contributed by atoms with Gasteiger partial charge in [-0.2, -0.15) is 0 Å². The van der Waals surface area contributed by atoms with E-state index in [1.165, 1.54) is 6.07 Å². The number of Topliss-reactive ketones (excluding diaryl/α,β-unsaturated/α-hetero) is 1. The van der Waals surface area contributed by atoms with Crippen molar-refractivity contribution in [3.8, 4) is 0 Å². The second-order valence-electron chi connectivity index (χ2n) is 7.67. The molecule has 0 saturated carbocycles. The Bertz CT molecular complexity index is 778. The molecule has 1 aliphatic heterocycles. The predicted molar refractivity (Wildman–Crippen MR) is 107 cm³/mol. The van der Waals surface area contributed by atoms with Gasteiger partial charge in [-0.1, -0.05) is 31.5 Å². The van der Waals surface area contributed by atoms with Crippen LogP contribution in [0.4, 0.5) is 0 Å². The Hall–Kier alpha value is -2.00.